The summed E-state index contributed by atoms with van der Waals surface area (Å²) in [6, 6.07) is 14.2. The molecule has 2 rings (SSSR count). The number of hydrogen-bond acceptors (Lipinski definition) is 8. The fraction of sp³-hybridized carbons (Fsp3) is 0.227. The first-order valence-corrected chi connectivity index (χ1v) is 10.7. The van der Waals surface area contributed by atoms with Gasteiger partial charge in [-0.1, -0.05) is 18.2 Å². The first kappa shape index (κ1) is 25.4. The van der Waals surface area contributed by atoms with Crippen LogP contribution in [0, 0.1) is 11.3 Å². The largest absolute Gasteiger partial charge is 0.452 e. The van der Waals surface area contributed by atoms with Crippen LogP contribution >= 0.6 is 11.8 Å². The molecule has 11 heteroatoms. The zero-order valence-electron chi connectivity index (χ0n) is 17.8. The maximum absolute atomic E-state index is 12.4. The molecule has 0 aliphatic heterocycles. The molecule has 172 valence electrons. The van der Waals surface area contributed by atoms with Crippen LogP contribution in [0.5, 0.6) is 0 Å². The van der Waals surface area contributed by atoms with Gasteiger partial charge in [0.2, 0.25) is 5.91 Å². The molecule has 0 saturated heterocycles. The highest BCUT2D eigenvalue weighted by Gasteiger charge is 2.16. The number of carbonyl (C=O) groups excluding carboxylic acids is 4. The quantitative estimate of drug-likeness (QED) is 0.271. The number of amides is 4. The maximum Gasteiger partial charge on any atom is 0.339 e. The van der Waals surface area contributed by atoms with Gasteiger partial charge < -0.3 is 20.1 Å². The molecule has 10 nitrogen and oxygen atoms in total. The van der Waals surface area contributed by atoms with Crippen LogP contribution in [0.2, 0.25) is 0 Å². The van der Waals surface area contributed by atoms with Crippen molar-refractivity contribution in [3.8, 4) is 6.07 Å². The molecule has 0 aliphatic carbocycles. The minimum Gasteiger partial charge on any atom is -0.452 e. The topological polar surface area (TPSA) is 147 Å². The van der Waals surface area contributed by atoms with Gasteiger partial charge in [0.15, 0.2) is 6.61 Å². The van der Waals surface area contributed by atoms with Gasteiger partial charge in [-0.15, -0.1) is 11.8 Å². The second kappa shape index (κ2) is 13.5. The van der Waals surface area contributed by atoms with E-state index in [1.54, 1.807) is 42.5 Å². The molecule has 2 aromatic carbocycles. The lowest BCUT2D eigenvalue weighted by Gasteiger charge is -2.10. The van der Waals surface area contributed by atoms with E-state index >= 15 is 0 Å². The molecule has 0 heterocycles. The lowest BCUT2D eigenvalue weighted by molar-refractivity contribution is -0.123. The summed E-state index contributed by atoms with van der Waals surface area (Å²) < 4.78 is 9.76. The van der Waals surface area contributed by atoms with E-state index < -0.39 is 24.5 Å². The number of carbonyl (C=O) groups is 4. The van der Waals surface area contributed by atoms with E-state index in [1.807, 2.05) is 11.4 Å². The van der Waals surface area contributed by atoms with Gasteiger partial charge in [0.25, 0.3) is 5.91 Å². The third-order valence-electron chi connectivity index (χ3n) is 3.92. The minimum absolute atomic E-state index is 0.00318. The van der Waals surface area contributed by atoms with Gasteiger partial charge in [-0.25, -0.2) is 9.59 Å². The molecule has 0 saturated carbocycles. The maximum atomic E-state index is 12.4. The molecule has 0 spiro atoms. The van der Waals surface area contributed by atoms with Crippen LogP contribution in [-0.4, -0.2) is 56.4 Å². The number of benzene rings is 2. The fourth-order valence-electron chi connectivity index (χ4n) is 2.45. The van der Waals surface area contributed by atoms with Crippen LogP contribution in [-0.2, 0) is 19.1 Å². The van der Waals surface area contributed by atoms with Crippen molar-refractivity contribution in [1.82, 2.24) is 10.6 Å². The van der Waals surface area contributed by atoms with Gasteiger partial charge in [0, 0.05) is 24.2 Å². The number of rotatable bonds is 10. The summed E-state index contributed by atoms with van der Waals surface area (Å²) in [5.41, 5.74) is 1.09. The van der Waals surface area contributed by atoms with E-state index in [1.165, 1.54) is 13.2 Å². The predicted molar refractivity (Wildman–Crippen MR) is 121 cm³/mol. The number of thioether (sulfide) groups is 1. The number of nitrogens with zero attached hydrogens (tertiary/aromatic N) is 1. The number of anilines is 1. The van der Waals surface area contributed by atoms with Crippen LogP contribution < -0.4 is 16.0 Å². The summed E-state index contributed by atoms with van der Waals surface area (Å²) in [6.45, 7) is -0.141. The highest BCUT2D eigenvalue weighted by atomic mass is 32.2. The van der Waals surface area contributed by atoms with Gasteiger partial charge in [-0.05, 0) is 30.3 Å². The Bertz CT molecular complexity index is 1050. The van der Waals surface area contributed by atoms with Crippen LogP contribution in [0.15, 0.2) is 53.4 Å². The number of imide groups is 1. The van der Waals surface area contributed by atoms with Gasteiger partial charge in [-0.3, -0.25) is 14.9 Å². The molecule has 33 heavy (non-hydrogen) atoms. The highest BCUT2D eigenvalue weighted by molar-refractivity contribution is 8.00. The molecule has 0 aliphatic rings. The van der Waals surface area contributed by atoms with Gasteiger partial charge >= 0.3 is 12.0 Å². The summed E-state index contributed by atoms with van der Waals surface area (Å²) in [6.07, 6.45) is 0. The van der Waals surface area contributed by atoms with Crippen molar-refractivity contribution in [1.29, 1.82) is 5.26 Å². The van der Waals surface area contributed by atoms with Crippen molar-refractivity contribution in [3.63, 3.8) is 0 Å². The lowest BCUT2D eigenvalue weighted by Crippen LogP contribution is -2.42. The summed E-state index contributed by atoms with van der Waals surface area (Å²) in [5, 5.41) is 16.1. The van der Waals surface area contributed by atoms with Crippen molar-refractivity contribution >= 4 is 41.3 Å². The lowest BCUT2D eigenvalue weighted by atomic mass is 10.2. The standard InChI is InChI=1S/C22H22N4O6S/c1-31-10-9-24-22(30)26-19(27)13-32-21(29)17-7-2-3-8-18(17)33-14-20(28)25-16-6-4-5-15(11-16)12-23/h2-8,11H,9-10,13-14H2,1H3,(H,25,28)(H2,24,26,27,30). The third kappa shape index (κ3) is 9.02. The number of ether oxygens (including phenoxy) is 2. The van der Waals surface area contributed by atoms with Crippen molar-refractivity contribution in [2.45, 2.75) is 4.90 Å². The van der Waals surface area contributed by atoms with Crippen LogP contribution in [0.25, 0.3) is 0 Å². The Morgan fingerprint density at radius 3 is 2.61 bits per heavy atom. The van der Waals surface area contributed by atoms with Gasteiger partial charge in [-0.2, -0.15) is 5.26 Å². The van der Waals surface area contributed by atoms with Crippen molar-refractivity contribution in [2.75, 3.05) is 37.9 Å². The predicted octanol–water partition coefficient (Wildman–Crippen LogP) is 1.92. The molecule has 0 radical (unpaired) electrons. The number of methoxy groups -OCH3 is 1. The monoisotopic (exact) mass is 470 g/mol. The Labute approximate surface area is 194 Å². The molecule has 0 unspecified atom stereocenters. The number of hydrogen-bond donors (Lipinski definition) is 3. The van der Waals surface area contributed by atoms with Gasteiger partial charge in [0.05, 0.1) is 29.6 Å². The second-order valence-corrected chi connectivity index (χ2v) is 7.42. The van der Waals surface area contributed by atoms with Crippen molar-refractivity contribution in [2.24, 2.45) is 0 Å². The summed E-state index contributed by atoms with van der Waals surface area (Å²) in [7, 11) is 1.47. The Morgan fingerprint density at radius 2 is 1.85 bits per heavy atom. The summed E-state index contributed by atoms with van der Waals surface area (Å²) in [5.74, 6) is -1.88. The molecule has 2 aromatic rings. The van der Waals surface area contributed by atoms with Crippen LogP contribution in [0.3, 0.4) is 0 Å². The third-order valence-corrected chi connectivity index (χ3v) is 4.99. The Hall–Kier alpha value is -3.88. The molecule has 0 aromatic heterocycles. The number of esters is 1. The van der Waals surface area contributed by atoms with E-state index in [-0.39, 0.29) is 30.4 Å². The smallest absolute Gasteiger partial charge is 0.339 e. The average Bonchev–Trinajstić information content (AvgIpc) is 2.81. The minimum atomic E-state index is -0.789. The van der Waals surface area contributed by atoms with E-state index in [2.05, 4.69) is 10.6 Å². The SMILES string of the molecule is COCCNC(=O)NC(=O)COC(=O)c1ccccc1SCC(=O)Nc1cccc(C#N)c1. The zero-order valence-corrected chi connectivity index (χ0v) is 18.6. The summed E-state index contributed by atoms with van der Waals surface area (Å²) in [4.78, 5) is 48.4. The van der Waals surface area contributed by atoms with Crippen molar-refractivity contribution < 1.29 is 28.7 Å². The number of nitrogens with one attached hydrogen (secondary N) is 3. The molecule has 3 N–H and O–H groups in total. The van der Waals surface area contributed by atoms with Crippen molar-refractivity contribution in [3.05, 3.63) is 59.7 Å². The van der Waals surface area contributed by atoms with Crippen LogP contribution in [0.4, 0.5) is 10.5 Å². The summed E-state index contributed by atoms with van der Waals surface area (Å²) >= 11 is 1.11. The van der Waals surface area contributed by atoms with E-state index in [0.29, 0.717) is 16.1 Å². The Morgan fingerprint density at radius 1 is 1.06 bits per heavy atom. The zero-order chi connectivity index (χ0) is 24.1. The van der Waals surface area contributed by atoms with Crippen LogP contribution in [0.1, 0.15) is 15.9 Å². The number of nitriles is 1. The molecule has 0 fully saturated rings. The first-order chi connectivity index (χ1) is 15.9. The second-order valence-electron chi connectivity index (χ2n) is 6.40. The molecular formula is C22H22N4O6S. The molecular weight excluding hydrogens is 448 g/mol. The Kier molecular flexibility index (Phi) is 10.4. The normalized spacial score (nSPS) is 9.94. The van der Waals surface area contributed by atoms with E-state index in [0.717, 1.165) is 11.8 Å². The highest BCUT2D eigenvalue weighted by Crippen LogP contribution is 2.23. The van der Waals surface area contributed by atoms with E-state index in [4.69, 9.17) is 14.7 Å². The van der Waals surface area contributed by atoms with Gasteiger partial charge in [0.1, 0.15) is 0 Å². The average molecular weight is 471 g/mol. The molecule has 0 atom stereocenters. The fourth-order valence-corrected chi connectivity index (χ4v) is 3.29. The van der Waals surface area contributed by atoms with E-state index in [9.17, 15) is 19.2 Å². The molecule has 0 bridgehead atoms. The Balaban J connectivity index is 1.86. The molecule has 4 amide bonds. The first-order valence-electron chi connectivity index (χ1n) is 9.68. The number of urea groups is 1.